The summed E-state index contributed by atoms with van der Waals surface area (Å²) in [5.74, 6) is 0.477. The lowest BCUT2D eigenvalue weighted by atomic mass is 10.2. The monoisotopic (exact) mass is 237 g/mol. The number of aromatic nitrogens is 3. The summed E-state index contributed by atoms with van der Waals surface area (Å²) in [5, 5.41) is 10.7. The zero-order chi connectivity index (χ0) is 11.5. The van der Waals surface area contributed by atoms with Gasteiger partial charge in [0.2, 0.25) is 0 Å². The third kappa shape index (κ3) is 2.02. The lowest BCUT2D eigenvalue weighted by Crippen LogP contribution is -2.18. The van der Waals surface area contributed by atoms with Crippen LogP contribution >= 0.6 is 11.3 Å². The smallest absolute Gasteiger partial charge is 0.254 e. The van der Waals surface area contributed by atoms with Crippen molar-refractivity contribution >= 4 is 11.3 Å². The van der Waals surface area contributed by atoms with Crippen LogP contribution in [0, 0.1) is 6.92 Å². The van der Waals surface area contributed by atoms with E-state index in [4.69, 9.17) is 5.11 Å². The summed E-state index contributed by atoms with van der Waals surface area (Å²) in [7, 11) is 0. The van der Waals surface area contributed by atoms with E-state index in [1.54, 1.807) is 12.4 Å². The summed E-state index contributed by atoms with van der Waals surface area (Å²) in [6.07, 6.45) is 0.325. The Morgan fingerprint density at radius 2 is 2.38 bits per heavy atom. The first-order chi connectivity index (χ1) is 7.72. The molecule has 2 rings (SSSR count). The third-order valence-corrected chi connectivity index (χ3v) is 2.85. The first kappa shape index (κ1) is 11.0. The number of aryl methyl sites for hydroxylation is 1. The fourth-order valence-corrected chi connectivity index (χ4v) is 2.00. The van der Waals surface area contributed by atoms with Crippen LogP contribution < -0.4 is 5.56 Å². The van der Waals surface area contributed by atoms with Crippen LogP contribution in [0.5, 0.6) is 0 Å². The van der Waals surface area contributed by atoms with Crippen LogP contribution in [0.1, 0.15) is 11.3 Å². The summed E-state index contributed by atoms with van der Waals surface area (Å²) >= 11 is 1.45. The van der Waals surface area contributed by atoms with Crippen molar-refractivity contribution < 1.29 is 5.11 Å². The van der Waals surface area contributed by atoms with Gasteiger partial charge in [0.05, 0.1) is 5.51 Å². The number of rotatable bonds is 3. The molecule has 5 nitrogen and oxygen atoms in total. The Balaban J connectivity index is 2.49. The van der Waals surface area contributed by atoms with Crippen molar-refractivity contribution in [1.82, 2.24) is 15.0 Å². The van der Waals surface area contributed by atoms with Gasteiger partial charge < -0.3 is 10.1 Å². The molecule has 6 heteroatoms. The molecule has 84 valence electrons. The topological polar surface area (TPSA) is 78.9 Å². The molecule has 0 saturated heterocycles. The molecule has 0 aliphatic rings. The van der Waals surface area contributed by atoms with E-state index in [0.717, 1.165) is 0 Å². The van der Waals surface area contributed by atoms with Crippen molar-refractivity contribution in [2.75, 3.05) is 6.61 Å². The third-order valence-electron chi connectivity index (χ3n) is 2.26. The molecule has 2 aromatic rings. The molecule has 2 aromatic heterocycles. The van der Waals surface area contributed by atoms with Crippen molar-refractivity contribution in [1.29, 1.82) is 0 Å². The quantitative estimate of drug-likeness (QED) is 0.825. The van der Waals surface area contributed by atoms with Crippen LogP contribution in [-0.2, 0) is 6.42 Å². The number of thiazole rings is 1. The zero-order valence-corrected chi connectivity index (χ0v) is 9.54. The molecule has 0 unspecified atom stereocenters. The Kier molecular flexibility index (Phi) is 3.12. The Morgan fingerprint density at radius 3 is 2.94 bits per heavy atom. The molecule has 0 aliphatic carbocycles. The molecule has 0 saturated carbocycles. The minimum Gasteiger partial charge on any atom is -0.396 e. The molecule has 0 fully saturated rings. The maximum atomic E-state index is 11.7. The summed E-state index contributed by atoms with van der Waals surface area (Å²) in [6.45, 7) is 1.71. The van der Waals surface area contributed by atoms with E-state index in [1.807, 2.05) is 5.38 Å². The van der Waals surface area contributed by atoms with Crippen LogP contribution in [0.15, 0.2) is 15.7 Å². The number of aliphatic hydroxyl groups excluding tert-OH is 1. The highest BCUT2D eigenvalue weighted by Crippen LogP contribution is 2.14. The molecular weight excluding hydrogens is 226 g/mol. The second kappa shape index (κ2) is 4.54. The first-order valence-corrected chi connectivity index (χ1v) is 5.76. The van der Waals surface area contributed by atoms with E-state index in [1.165, 1.54) is 11.3 Å². The molecule has 2 N–H and O–H groups in total. The SMILES string of the molecule is Cc1nc(-c2cscn2)[nH]c(=O)c1CCO. The van der Waals surface area contributed by atoms with Crippen molar-refractivity contribution in [3.05, 3.63) is 32.5 Å². The number of nitrogens with zero attached hydrogens (tertiary/aromatic N) is 2. The number of aliphatic hydroxyl groups is 1. The van der Waals surface area contributed by atoms with Gasteiger partial charge in [-0.2, -0.15) is 0 Å². The predicted molar refractivity (Wildman–Crippen MR) is 61.5 cm³/mol. The summed E-state index contributed by atoms with van der Waals surface area (Å²) < 4.78 is 0. The number of H-pyrrole nitrogens is 1. The summed E-state index contributed by atoms with van der Waals surface area (Å²) in [5.41, 5.74) is 3.32. The van der Waals surface area contributed by atoms with E-state index >= 15 is 0 Å². The van der Waals surface area contributed by atoms with Gasteiger partial charge in [-0.25, -0.2) is 9.97 Å². The second-order valence-electron chi connectivity index (χ2n) is 3.33. The van der Waals surface area contributed by atoms with E-state index < -0.39 is 0 Å². The van der Waals surface area contributed by atoms with Crippen LogP contribution in [0.25, 0.3) is 11.5 Å². The lowest BCUT2D eigenvalue weighted by molar-refractivity contribution is 0.298. The Bertz CT molecular complexity index is 533. The van der Waals surface area contributed by atoms with Crippen LogP contribution in [0.3, 0.4) is 0 Å². The minimum absolute atomic E-state index is 0.0539. The molecule has 0 aromatic carbocycles. The number of hydrogen-bond acceptors (Lipinski definition) is 5. The van der Waals surface area contributed by atoms with Gasteiger partial charge in [-0.15, -0.1) is 11.3 Å². The molecule has 0 aliphatic heterocycles. The highest BCUT2D eigenvalue weighted by atomic mass is 32.1. The van der Waals surface area contributed by atoms with Crippen molar-refractivity contribution in [2.24, 2.45) is 0 Å². The number of aromatic amines is 1. The fourth-order valence-electron chi connectivity index (χ4n) is 1.47. The van der Waals surface area contributed by atoms with Crippen molar-refractivity contribution in [3.63, 3.8) is 0 Å². The number of hydrogen-bond donors (Lipinski definition) is 2. The Hall–Kier alpha value is -1.53. The molecule has 0 bridgehead atoms. The normalized spacial score (nSPS) is 10.6. The molecule has 2 heterocycles. The molecule has 16 heavy (non-hydrogen) atoms. The predicted octanol–water partition coefficient (Wildman–Crippen LogP) is 0.737. The summed E-state index contributed by atoms with van der Waals surface area (Å²) in [4.78, 5) is 22.7. The van der Waals surface area contributed by atoms with Gasteiger partial charge in [-0.1, -0.05) is 0 Å². The average molecular weight is 237 g/mol. The van der Waals surface area contributed by atoms with E-state index in [9.17, 15) is 4.79 Å². The van der Waals surface area contributed by atoms with Crippen LogP contribution in [0.2, 0.25) is 0 Å². The van der Waals surface area contributed by atoms with Crippen molar-refractivity contribution in [3.8, 4) is 11.5 Å². The van der Waals surface area contributed by atoms with E-state index in [0.29, 0.717) is 29.2 Å². The van der Waals surface area contributed by atoms with Gasteiger partial charge in [0.1, 0.15) is 5.69 Å². The largest absolute Gasteiger partial charge is 0.396 e. The minimum atomic E-state index is -0.204. The molecular formula is C10H11N3O2S. The fraction of sp³-hybridized carbons (Fsp3) is 0.300. The lowest BCUT2D eigenvalue weighted by Gasteiger charge is -2.04. The molecule has 0 amide bonds. The van der Waals surface area contributed by atoms with Crippen LogP contribution in [-0.4, -0.2) is 26.7 Å². The summed E-state index contributed by atoms with van der Waals surface area (Å²) in [6, 6.07) is 0. The average Bonchev–Trinajstić information content (AvgIpc) is 2.76. The highest BCUT2D eigenvalue weighted by molar-refractivity contribution is 7.07. The van der Waals surface area contributed by atoms with E-state index in [2.05, 4.69) is 15.0 Å². The number of nitrogens with one attached hydrogen (secondary N) is 1. The molecule has 0 spiro atoms. The van der Waals surface area contributed by atoms with E-state index in [-0.39, 0.29) is 12.2 Å². The van der Waals surface area contributed by atoms with Gasteiger partial charge in [0.25, 0.3) is 5.56 Å². The van der Waals surface area contributed by atoms with Gasteiger partial charge in [-0.3, -0.25) is 4.79 Å². The molecule has 0 radical (unpaired) electrons. The zero-order valence-electron chi connectivity index (χ0n) is 8.73. The Labute approximate surface area is 95.8 Å². The van der Waals surface area contributed by atoms with Gasteiger partial charge in [0.15, 0.2) is 5.82 Å². The van der Waals surface area contributed by atoms with Crippen LogP contribution in [0.4, 0.5) is 0 Å². The second-order valence-corrected chi connectivity index (χ2v) is 4.04. The van der Waals surface area contributed by atoms with Crippen molar-refractivity contribution in [2.45, 2.75) is 13.3 Å². The van der Waals surface area contributed by atoms with Gasteiger partial charge >= 0.3 is 0 Å². The highest BCUT2D eigenvalue weighted by Gasteiger charge is 2.09. The maximum absolute atomic E-state index is 11.7. The van der Waals surface area contributed by atoms with Gasteiger partial charge in [0, 0.05) is 29.7 Å². The Morgan fingerprint density at radius 1 is 1.56 bits per heavy atom. The standard InChI is InChI=1S/C10H11N3O2S/c1-6-7(2-3-14)10(15)13-9(12-6)8-4-16-5-11-8/h4-5,14H,2-3H2,1H3,(H,12,13,15). The first-order valence-electron chi connectivity index (χ1n) is 4.81. The van der Waals surface area contributed by atoms with Gasteiger partial charge in [-0.05, 0) is 6.92 Å². The molecule has 0 atom stereocenters. The maximum Gasteiger partial charge on any atom is 0.254 e.